The Bertz CT molecular complexity index is 1430. The Morgan fingerprint density at radius 1 is 0.912 bits per heavy atom. The minimum atomic E-state index is -0.934. The second kappa shape index (κ2) is 8.11. The second-order valence-electron chi connectivity index (χ2n) is 8.11. The smallest absolute Gasteiger partial charge is 0.266 e. The zero-order valence-corrected chi connectivity index (χ0v) is 18.9. The highest BCUT2D eigenvalue weighted by molar-refractivity contribution is 6.35. The van der Waals surface area contributed by atoms with E-state index >= 15 is 0 Å². The number of nitrogens with two attached hydrogens (primary N) is 1. The first kappa shape index (κ1) is 22.7. The lowest BCUT2D eigenvalue weighted by Crippen LogP contribution is -2.30. The quantitative estimate of drug-likeness (QED) is 0.442. The number of ketones is 1. The van der Waals surface area contributed by atoms with Crippen molar-refractivity contribution >= 4 is 41.0 Å². The molecule has 0 aliphatic carbocycles. The number of primary amides is 1. The number of hydrogen-bond donors (Lipinski definition) is 2. The van der Waals surface area contributed by atoms with Crippen LogP contribution >= 0.6 is 0 Å². The Balaban J connectivity index is 1.68. The standard InChI is InChI=1S/C25H21N3O6/c1-11-5-6-12(2)18(9-11)28-24(32)16-8-7-15(10-17(16)25(28)33)22(31)27-23-20(21(26)30)19(13(3)29)14(4)34-23/h5-10H,1-4H3,(H2,26,30)(H,27,31). The molecule has 0 radical (unpaired) electrons. The minimum Gasteiger partial charge on any atom is -0.444 e. The van der Waals surface area contributed by atoms with Crippen LogP contribution in [0.1, 0.15) is 75.6 Å². The van der Waals surface area contributed by atoms with E-state index in [4.69, 9.17) is 10.2 Å². The molecule has 0 fully saturated rings. The number of fused-ring (bicyclic) bond motifs is 1. The molecule has 2 aromatic carbocycles. The minimum absolute atomic E-state index is 0.0123. The molecule has 2 heterocycles. The Hall–Kier alpha value is -4.53. The predicted octanol–water partition coefficient (Wildman–Crippen LogP) is 3.56. The molecule has 9 heteroatoms. The van der Waals surface area contributed by atoms with E-state index in [1.54, 1.807) is 13.0 Å². The molecule has 0 spiro atoms. The number of benzene rings is 2. The van der Waals surface area contributed by atoms with Crippen molar-refractivity contribution in [1.29, 1.82) is 0 Å². The Labute approximate surface area is 194 Å². The molecule has 0 saturated heterocycles. The molecule has 1 aliphatic rings. The van der Waals surface area contributed by atoms with Crippen LogP contribution in [0.2, 0.25) is 0 Å². The molecular formula is C25H21N3O6. The molecule has 3 aromatic rings. The van der Waals surface area contributed by atoms with Crippen LogP contribution in [-0.2, 0) is 0 Å². The van der Waals surface area contributed by atoms with Crippen LogP contribution in [0.4, 0.5) is 11.6 Å². The largest absolute Gasteiger partial charge is 0.444 e. The average molecular weight is 459 g/mol. The Morgan fingerprint density at radius 3 is 2.24 bits per heavy atom. The molecule has 3 N–H and O–H groups in total. The van der Waals surface area contributed by atoms with Crippen molar-refractivity contribution in [3.63, 3.8) is 0 Å². The normalized spacial score (nSPS) is 12.6. The molecule has 4 rings (SSSR count). The number of furan rings is 1. The summed E-state index contributed by atoms with van der Waals surface area (Å²) in [5.74, 6) is -3.24. The molecule has 0 saturated carbocycles. The maximum atomic E-state index is 13.1. The van der Waals surface area contributed by atoms with Gasteiger partial charge in [0.1, 0.15) is 11.3 Å². The van der Waals surface area contributed by atoms with E-state index in [1.807, 2.05) is 19.1 Å². The zero-order valence-electron chi connectivity index (χ0n) is 18.9. The summed E-state index contributed by atoms with van der Waals surface area (Å²) in [5, 5.41) is 2.43. The van der Waals surface area contributed by atoms with Gasteiger partial charge in [0.25, 0.3) is 23.6 Å². The van der Waals surface area contributed by atoms with Crippen LogP contribution in [0.3, 0.4) is 0 Å². The predicted molar refractivity (Wildman–Crippen MR) is 123 cm³/mol. The number of imide groups is 1. The van der Waals surface area contributed by atoms with Gasteiger partial charge in [-0.25, -0.2) is 4.90 Å². The van der Waals surface area contributed by atoms with E-state index in [0.717, 1.165) is 16.0 Å². The lowest BCUT2D eigenvalue weighted by molar-refractivity contribution is 0.0923. The summed E-state index contributed by atoms with van der Waals surface area (Å²) < 4.78 is 5.41. The number of hydrogen-bond acceptors (Lipinski definition) is 6. The van der Waals surface area contributed by atoms with Gasteiger partial charge in [0.2, 0.25) is 5.88 Å². The molecule has 0 unspecified atom stereocenters. The SMILES string of the molecule is CC(=O)c1c(C)oc(NC(=O)c2ccc3c(c2)C(=O)N(c2cc(C)ccc2C)C3=O)c1C(N)=O. The van der Waals surface area contributed by atoms with Crippen LogP contribution in [0.5, 0.6) is 0 Å². The fourth-order valence-corrected chi connectivity index (χ4v) is 4.03. The summed E-state index contributed by atoms with van der Waals surface area (Å²) in [6.45, 7) is 6.38. The van der Waals surface area contributed by atoms with Gasteiger partial charge in [-0.05, 0) is 63.1 Å². The molecule has 172 valence electrons. The van der Waals surface area contributed by atoms with Crippen LogP contribution in [-0.4, -0.2) is 29.4 Å². The van der Waals surface area contributed by atoms with E-state index in [-0.39, 0.29) is 39.5 Å². The first-order valence-electron chi connectivity index (χ1n) is 10.4. The van der Waals surface area contributed by atoms with Gasteiger partial charge in [-0.3, -0.25) is 29.3 Å². The van der Waals surface area contributed by atoms with Crippen molar-refractivity contribution in [2.24, 2.45) is 5.73 Å². The number of rotatable bonds is 5. The highest BCUT2D eigenvalue weighted by Gasteiger charge is 2.38. The fraction of sp³-hybridized carbons (Fsp3) is 0.160. The third-order valence-corrected chi connectivity index (χ3v) is 5.66. The van der Waals surface area contributed by atoms with Gasteiger partial charge in [0.15, 0.2) is 5.78 Å². The fourth-order valence-electron chi connectivity index (χ4n) is 4.03. The monoisotopic (exact) mass is 459 g/mol. The third-order valence-electron chi connectivity index (χ3n) is 5.66. The van der Waals surface area contributed by atoms with Crippen LogP contribution in [0.15, 0.2) is 40.8 Å². The molecule has 0 atom stereocenters. The molecule has 34 heavy (non-hydrogen) atoms. The number of carbonyl (C=O) groups excluding carboxylic acids is 5. The van der Waals surface area contributed by atoms with Crippen molar-refractivity contribution in [2.75, 3.05) is 10.2 Å². The van der Waals surface area contributed by atoms with Gasteiger partial charge in [0, 0.05) is 5.56 Å². The molecular weight excluding hydrogens is 438 g/mol. The highest BCUT2D eigenvalue weighted by Crippen LogP contribution is 2.32. The Morgan fingerprint density at radius 2 is 1.59 bits per heavy atom. The first-order valence-corrected chi connectivity index (χ1v) is 10.4. The van der Waals surface area contributed by atoms with Gasteiger partial charge in [0.05, 0.1) is 22.4 Å². The number of carbonyl (C=O) groups is 5. The lowest BCUT2D eigenvalue weighted by Gasteiger charge is -2.17. The number of anilines is 2. The van der Waals surface area contributed by atoms with Crippen LogP contribution in [0, 0.1) is 20.8 Å². The highest BCUT2D eigenvalue weighted by atomic mass is 16.4. The van der Waals surface area contributed by atoms with Crippen LogP contribution < -0.4 is 16.0 Å². The number of nitrogens with one attached hydrogen (secondary N) is 1. The first-order chi connectivity index (χ1) is 16.0. The van der Waals surface area contributed by atoms with Gasteiger partial charge >= 0.3 is 0 Å². The molecule has 0 bridgehead atoms. The van der Waals surface area contributed by atoms with Crippen molar-refractivity contribution < 1.29 is 28.4 Å². The maximum Gasteiger partial charge on any atom is 0.266 e. The summed E-state index contributed by atoms with van der Waals surface area (Å²) in [6.07, 6.45) is 0. The zero-order chi connectivity index (χ0) is 24.9. The molecule has 1 aromatic heterocycles. The van der Waals surface area contributed by atoms with Crippen molar-refractivity contribution in [2.45, 2.75) is 27.7 Å². The summed E-state index contributed by atoms with van der Waals surface area (Å²) in [5.41, 5.74) is 7.58. The maximum absolute atomic E-state index is 13.1. The number of aryl methyl sites for hydroxylation is 3. The number of amides is 4. The topological polar surface area (TPSA) is 140 Å². The van der Waals surface area contributed by atoms with Crippen molar-refractivity contribution in [1.82, 2.24) is 0 Å². The Kier molecular flexibility index (Phi) is 5.40. The van der Waals surface area contributed by atoms with E-state index in [0.29, 0.717) is 5.69 Å². The second-order valence-corrected chi connectivity index (χ2v) is 8.11. The lowest BCUT2D eigenvalue weighted by atomic mass is 10.0. The van der Waals surface area contributed by atoms with Crippen molar-refractivity contribution in [3.05, 3.63) is 81.1 Å². The summed E-state index contributed by atoms with van der Waals surface area (Å²) in [7, 11) is 0. The summed E-state index contributed by atoms with van der Waals surface area (Å²) in [6, 6.07) is 9.55. The molecule has 4 amide bonds. The van der Waals surface area contributed by atoms with E-state index in [1.165, 1.54) is 32.0 Å². The van der Waals surface area contributed by atoms with Gasteiger partial charge in [-0.1, -0.05) is 12.1 Å². The summed E-state index contributed by atoms with van der Waals surface area (Å²) >= 11 is 0. The van der Waals surface area contributed by atoms with Crippen LogP contribution in [0.25, 0.3) is 0 Å². The van der Waals surface area contributed by atoms with Gasteiger partial charge < -0.3 is 10.2 Å². The van der Waals surface area contributed by atoms with Crippen molar-refractivity contribution in [3.8, 4) is 0 Å². The van der Waals surface area contributed by atoms with Gasteiger partial charge in [-0.2, -0.15) is 0 Å². The number of nitrogens with zero attached hydrogens (tertiary/aromatic N) is 1. The average Bonchev–Trinajstić information content (AvgIpc) is 3.23. The van der Waals surface area contributed by atoms with E-state index in [9.17, 15) is 24.0 Å². The molecule has 1 aliphatic heterocycles. The summed E-state index contributed by atoms with van der Waals surface area (Å²) in [4.78, 5) is 63.9. The van der Waals surface area contributed by atoms with Gasteiger partial charge in [-0.15, -0.1) is 0 Å². The molecule has 9 nitrogen and oxygen atoms in total. The van der Waals surface area contributed by atoms with E-state index in [2.05, 4.69) is 5.32 Å². The number of Topliss-reactive ketones (excluding diaryl/α,β-unsaturated/α-hetero) is 1. The van der Waals surface area contributed by atoms with E-state index < -0.39 is 29.4 Å². The third kappa shape index (κ3) is 3.57.